The average molecular weight is 243 g/mol. The van der Waals surface area contributed by atoms with Gasteiger partial charge in [0.1, 0.15) is 5.75 Å². The first-order chi connectivity index (χ1) is 7.81. The number of nitrogens with one attached hydrogen (secondary N) is 1. The molecule has 0 amide bonds. The van der Waals surface area contributed by atoms with Crippen molar-refractivity contribution in [3.05, 3.63) is 29.8 Å². The van der Waals surface area contributed by atoms with Gasteiger partial charge in [0.25, 0.3) is 0 Å². The molecule has 1 atom stereocenters. The highest BCUT2D eigenvalue weighted by molar-refractivity contribution is 6.17. The Balaban J connectivity index is 2.62. The number of hydrogen-bond acceptors (Lipinski definition) is 3. The summed E-state index contributed by atoms with van der Waals surface area (Å²) in [6.07, 6.45) is 1.89. The molecule has 0 heterocycles. The molecule has 1 aromatic rings. The molecule has 0 aromatic heterocycles. The molecule has 0 fully saturated rings. The van der Waals surface area contributed by atoms with Gasteiger partial charge in [-0.25, -0.2) is 0 Å². The Bertz CT molecular complexity index is 290. The van der Waals surface area contributed by atoms with E-state index in [1.54, 1.807) is 0 Å². The van der Waals surface area contributed by atoms with Crippen LogP contribution in [0.2, 0.25) is 0 Å². The zero-order chi connectivity index (χ0) is 11.8. The number of nitrogens with two attached hydrogens (primary N) is 1. The van der Waals surface area contributed by atoms with Crippen molar-refractivity contribution in [2.45, 2.75) is 25.8 Å². The van der Waals surface area contributed by atoms with Crippen LogP contribution in [0.1, 0.15) is 31.4 Å². The van der Waals surface area contributed by atoms with Gasteiger partial charge in [-0.2, -0.15) is 0 Å². The number of hydrogen-bond donors (Lipinski definition) is 2. The van der Waals surface area contributed by atoms with Crippen LogP contribution in [0.15, 0.2) is 24.3 Å². The minimum atomic E-state index is 0.162. The van der Waals surface area contributed by atoms with Gasteiger partial charge < -0.3 is 4.74 Å². The largest absolute Gasteiger partial charge is 0.494 e. The Hall–Kier alpha value is -0.770. The van der Waals surface area contributed by atoms with E-state index < -0.39 is 0 Å². The van der Waals surface area contributed by atoms with E-state index in [4.69, 9.17) is 22.2 Å². The number of halogens is 1. The topological polar surface area (TPSA) is 47.3 Å². The summed E-state index contributed by atoms with van der Waals surface area (Å²) < 4.78 is 5.38. The molecule has 90 valence electrons. The minimum absolute atomic E-state index is 0.162. The lowest BCUT2D eigenvalue weighted by molar-refractivity contribution is 0.340. The lowest BCUT2D eigenvalue weighted by Gasteiger charge is -2.16. The summed E-state index contributed by atoms with van der Waals surface area (Å²) in [6.45, 7) is 2.66. The average Bonchev–Trinajstić information content (AvgIpc) is 2.32. The fourth-order valence-corrected chi connectivity index (χ4v) is 1.74. The van der Waals surface area contributed by atoms with Crippen molar-refractivity contribution in [2.24, 2.45) is 5.84 Å². The first-order valence-corrected chi connectivity index (χ1v) is 6.10. The van der Waals surface area contributed by atoms with Gasteiger partial charge in [-0.1, -0.05) is 12.1 Å². The maximum Gasteiger partial charge on any atom is 0.119 e. The van der Waals surface area contributed by atoms with Gasteiger partial charge in [0, 0.05) is 11.9 Å². The second-order valence-corrected chi connectivity index (χ2v) is 3.93. The van der Waals surface area contributed by atoms with E-state index in [0.717, 1.165) is 24.2 Å². The second-order valence-electron chi connectivity index (χ2n) is 3.55. The van der Waals surface area contributed by atoms with Gasteiger partial charge in [-0.05, 0) is 37.5 Å². The molecule has 0 spiro atoms. The first-order valence-electron chi connectivity index (χ1n) is 5.56. The molecule has 4 heteroatoms. The third-order valence-corrected chi connectivity index (χ3v) is 2.69. The van der Waals surface area contributed by atoms with Gasteiger partial charge in [0.15, 0.2) is 0 Å². The molecule has 1 rings (SSSR count). The van der Waals surface area contributed by atoms with Gasteiger partial charge in [-0.15, -0.1) is 11.6 Å². The van der Waals surface area contributed by atoms with Crippen LogP contribution < -0.4 is 16.0 Å². The SMILES string of the molecule is CCOc1ccc(C(CCCCl)NN)cc1. The second kappa shape index (κ2) is 7.49. The third kappa shape index (κ3) is 4.00. The number of benzene rings is 1. The van der Waals surface area contributed by atoms with E-state index in [0.29, 0.717) is 12.5 Å². The van der Waals surface area contributed by atoms with Crippen LogP contribution in [0, 0.1) is 0 Å². The minimum Gasteiger partial charge on any atom is -0.494 e. The number of alkyl halides is 1. The first kappa shape index (κ1) is 13.3. The number of hydrazine groups is 1. The van der Waals surface area contributed by atoms with Gasteiger partial charge in [-0.3, -0.25) is 11.3 Å². The van der Waals surface area contributed by atoms with Crippen molar-refractivity contribution >= 4 is 11.6 Å². The Kier molecular flexibility index (Phi) is 6.23. The van der Waals surface area contributed by atoms with Crippen molar-refractivity contribution in [3.63, 3.8) is 0 Å². The number of ether oxygens (including phenoxy) is 1. The van der Waals surface area contributed by atoms with Gasteiger partial charge in [0.2, 0.25) is 0 Å². The lowest BCUT2D eigenvalue weighted by Crippen LogP contribution is -2.28. The Morgan fingerprint density at radius 3 is 2.56 bits per heavy atom. The third-order valence-electron chi connectivity index (χ3n) is 2.42. The fraction of sp³-hybridized carbons (Fsp3) is 0.500. The van der Waals surface area contributed by atoms with Crippen molar-refractivity contribution in [1.29, 1.82) is 0 Å². The highest BCUT2D eigenvalue weighted by Crippen LogP contribution is 2.21. The molecule has 0 saturated heterocycles. The summed E-state index contributed by atoms with van der Waals surface area (Å²) in [5.74, 6) is 7.07. The monoisotopic (exact) mass is 242 g/mol. The van der Waals surface area contributed by atoms with Crippen LogP contribution in [-0.4, -0.2) is 12.5 Å². The van der Waals surface area contributed by atoms with E-state index in [1.807, 2.05) is 31.2 Å². The van der Waals surface area contributed by atoms with Crippen molar-refractivity contribution < 1.29 is 4.74 Å². The Morgan fingerprint density at radius 2 is 2.06 bits per heavy atom. The zero-order valence-corrected chi connectivity index (χ0v) is 10.3. The van der Waals surface area contributed by atoms with E-state index in [9.17, 15) is 0 Å². The smallest absolute Gasteiger partial charge is 0.119 e. The summed E-state index contributed by atoms with van der Waals surface area (Å²) in [5.41, 5.74) is 3.97. The maximum atomic E-state index is 5.67. The summed E-state index contributed by atoms with van der Waals surface area (Å²) in [7, 11) is 0. The van der Waals surface area contributed by atoms with Crippen LogP contribution in [0.4, 0.5) is 0 Å². The van der Waals surface area contributed by atoms with E-state index in [1.165, 1.54) is 0 Å². The van der Waals surface area contributed by atoms with Crippen LogP contribution in [0.3, 0.4) is 0 Å². The number of rotatable bonds is 7. The molecule has 3 nitrogen and oxygen atoms in total. The van der Waals surface area contributed by atoms with Crippen LogP contribution in [-0.2, 0) is 0 Å². The predicted molar refractivity (Wildman–Crippen MR) is 67.6 cm³/mol. The molecule has 0 aliphatic carbocycles. The highest BCUT2D eigenvalue weighted by Gasteiger charge is 2.08. The summed E-state index contributed by atoms with van der Waals surface area (Å²) >= 11 is 5.67. The Morgan fingerprint density at radius 1 is 1.38 bits per heavy atom. The summed E-state index contributed by atoms with van der Waals surface area (Å²) in [4.78, 5) is 0. The zero-order valence-electron chi connectivity index (χ0n) is 9.58. The summed E-state index contributed by atoms with van der Waals surface area (Å²) in [6, 6.07) is 8.15. The molecule has 1 aromatic carbocycles. The molecule has 0 bridgehead atoms. The van der Waals surface area contributed by atoms with Crippen molar-refractivity contribution in [2.75, 3.05) is 12.5 Å². The standard InChI is InChI=1S/C12H19ClN2O/c1-2-16-11-7-5-10(6-8-11)12(15-14)4-3-9-13/h5-8,12,15H,2-4,9,14H2,1H3. The van der Waals surface area contributed by atoms with Crippen LogP contribution in [0.25, 0.3) is 0 Å². The lowest BCUT2D eigenvalue weighted by atomic mass is 10.0. The quantitative estimate of drug-likeness (QED) is 0.439. The molecular weight excluding hydrogens is 224 g/mol. The Labute approximate surface area is 102 Å². The van der Waals surface area contributed by atoms with E-state index >= 15 is 0 Å². The molecule has 0 radical (unpaired) electrons. The van der Waals surface area contributed by atoms with Crippen LogP contribution >= 0.6 is 11.6 Å². The normalized spacial score (nSPS) is 12.4. The van der Waals surface area contributed by atoms with Gasteiger partial charge in [0.05, 0.1) is 6.61 Å². The van der Waals surface area contributed by atoms with E-state index in [-0.39, 0.29) is 6.04 Å². The van der Waals surface area contributed by atoms with Crippen molar-refractivity contribution in [3.8, 4) is 5.75 Å². The van der Waals surface area contributed by atoms with E-state index in [2.05, 4.69) is 5.43 Å². The highest BCUT2D eigenvalue weighted by atomic mass is 35.5. The molecule has 0 aliphatic rings. The molecule has 0 saturated carbocycles. The maximum absolute atomic E-state index is 5.67. The molecule has 16 heavy (non-hydrogen) atoms. The van der Waals surface area contributed by atoms with Gasteiger partial charge >= 0.3 is 0 Å². The molecule has 1 unspecified atom stereocenters. The molecule has 0 aliphatic heterocycles. The molecule has 3 N–H and O–H groups in total. The molecular formula is C12H19ClN2O. The summed E-state index contributed by atoms with van der Waals surface area (Å²) in [5, 5.41) is 0. The predicted octanol–water partition coefficient (Wildman–Crippen LogP) is 2.61. The van der Waals surface area contributed by atoms with Crippen LogP contribution in [0.5, 0.6) is 5.75 Å². The fourth-order valence-electron chi connectivity index (χ4n) is 1.59. The van der Waals surface area contributed by atoms with Crippen molar-refractivity contribution in [1.82, 2.24) is 5.43 Å².